The van der Waals surface area contributed by atoms with Gasteiger partial charge < -0.3 is 4.90 Å². The second-order valence-electron chi connectivity index (χ2n) is 6.46. The van der Waals surface area contributed by atoms with Gasteiger partial charge in [-0.15, -0.1) is 5.10 Å². The Kier molecular flexibility index (Phi) is 8.35. The van der Waals surface area contributed by atoms with Crippen molar-refractivity contribution in [3.05, 3.63) is 68.4 Å². The standard InChI is InChI=1S/C17H15ClF2IN6OP.C2H6/c18-15-14(7-22-27(29-21)17(15)28)25-6-5-13-12(9-25)23-24-26(13)8-10-3-1-2-4-11(10)16(19)20;1-2/h1-4,7,16,29H,5-6,8-9H2;1-2H3. The highest BCUT2D eigenvalue weighted by Crippen LogP contribution is 2.30. The quantitative estimate of drug-likeness (QED) is 0.319. The number of nitrogens with zero attached hydrogens (tertiary/aromatic N) is 6. The second kappa shape index (κ2) is 10.8. The third kappa shape index (κ3) is 5.06. The fourth-order valence-electron chi connectivity index (χ4n) is 3.36. The number of hydrogen-bond donors (Lipinski definition) is 0. The van der Waals surface area contributed by atoms with Crippen LogP contribution < -0.4 is 10.5 Å². The van der Waals surface area contributed by atoms with Crippen molar-refractivity contribution in [3.8, 4) is 0 Å². The van der Waals surface area contributed by atoms with E-state index >= 15 is 0 Å². The highest BCUT2D eigenvalue weighted by atomic mass is 127. The molecule has 2 aromatic heterocycles. The molecule has 0 saturated heterocycles. The molecule has 3 aromatic rings. The summed E-state index contributed by atoms with van der Waals surface area (Å²) in [7, 11) is 0. The largest absolute Gasteiger partial charge is 0.362 e. The van der Waals surface area contributed by atoms with Gasteiger partial charge in [-0.3, -0.25) is 4.79 Å². The Morgan fingerprint density at radius 2 is 2.03 bits per heavy atom. The van der Waals surface area contributed by atoms with Gasteiger partial charge in [0.25, 0.3) is 12.0 Å². The van der Waals surface area contributed by atoms with Crippen LogP contribution in [0.3, 0.4) is 0 Å². The van der Waals surface area contributed by atoms with Gasteiger partial charge in [0.05, 0.1) is 37.0 Å². The fourth-order valence-corrected chi connectivity index (χ4v) is 5.00. The summed E-state index contributed by atoms with van der Waals surface area (Å²) in [6.45, 7) is 5.25. The summed E-state index contributed by atoms with van der Waals surface area (Å²) in [6, 6.07) is 6.45. The van der Waals surface area contributed by atoms with Gasteiger partial charge in [-0.05, 0) is 27.6 Å². The van der Waals surface area contributed by atoms with Crippen molar-refractivity contribution in [2.75, 3.05) is 11.4 Å². The van der Waals surface area contributed by atoms with Crippen molar-refractivity contribution >= 4 is 45.7 Å². The van der Waals surface area contributed by atoms with Crippen molar-refractivity contribution in [2.45, 2.75) is 39.8 Å². The Bertz CT molecular complexity index is 1110. The minimum Gasteiger partial charge on any atom is -0.362 e. The van der Waals surface area contributed by atoms with Crippen LogP contribution in [-0.2, 0) is 19.5 Å². The Morgan fingerprint density at radius 1 is 1.29 bits per heavy atom. The molecular formula is C19H21ClF2IN6OP. The maximum Gasteiger partial charge on any atom is 0.291 e. The van der Waals surface area contributed by atoms with Crippen LogP contribution in [0.25, 0.3) is 0 Å². The Balaban J connectivity index is 0.00000132. The van der Waals surface area contributed by atoms with E-state index in [9.17, 15) is 13.6 Å². The lowest BCUT2D eigenvalue weighted by molar-refractivity contribution is 0.150. The number of fused-ring (bicyclic) bond motifs is 1. The number of aromatic nitrogens is 5. The molecule has 0 aliphatic carbocycles. The molecule has 0 radical (unpaired) electrons. The van der Waals surface area contributed by atoms with Crippen LogP contribution in [0.15, 0.2) is 35.3 Å². The van der Waals surface area contributed by atoms with E-state index in [1.165, 1.54) is 10.5 Å². The third-order valence-corrected chi connectivity index (χ3v) is 7.01. The van der Waals surface area contributed by atoms with Crippen molar-refractivity contribution in [1.82, 2.24) is 24.5 Å². The third-order valence-electron chi connectivity index (χ3n) is 4.81. The van der Waals surface area contributed by atoms with Gasteiger partial charge in [0, 0.05) is 18.5 Å². The van der Waals surface area contributed by atoms with Crippen LogP contribution in [0, 0.1) is 0 Å². The van der Waals surface area contributed by atoms with Crippen molar-refractivity contribution in [1.29, 1.82) is 0 Å². The molecule has 0 spiro atoms. The van der Waals surface area contributed by atoms with Gasteiger partial charge >= 0.3 is 0 Å². The molecule has 166 valence electrons. The van der Waals surface area contributed by atoms with Crippen molar-refractivity contribution < 1.29 is 8.78 Å². The van der Waals surface area contributed by atoms with E-state index in [4.69, 9.17) is 11.6 Å². The first-order chi connectivity index (χ1) is 15.0. The van der Waals surface area contributed by atoms with Gasteiger partial charge in [-0.25, -0.2) is 17.9 Å². The molecule has 1 aliphatic heterocycles. The van der Waals surface area contributed by atoms with Crippen LogP contribution in [0.5, 0.6) is 0 Å². The average molecular weight is 581 g/mol. The lowest BCUT2D eigenvalue weighted by Crippen LogP contribution is -2.33. The molecule has 0 fully saturated rings. The lowest BCUT2D eigenvalue weighted by atomic mass is 10.1. The van der Waals surface area contributed by atoms with Crippen LogP contribution in [-0.4, -0.2) is 31.1 Å². The Hall–Kier alpha value is -1.65. The molecule has 7 nitrogen and oxygen atoms in total. The fraction of sp³-hybridized carbons (Fsp3) is 0.368. The lowest BCUT2D eigenvalue weighted by Gasteiger charge is -2.28. The molecule has 0 bridgehead atoms. The number of anilines is 1. The molecule has 0 amide bonds. The van der Waals surface area contributed by atoms with E-state index in [1.807, 2.05) is 18.7 Å². The zero-order chi connectivity index (χ0) is 22.5. The normalized spacial score (nSPS) is 13.5. The first kappa shape index (κ1) is 24.0. The van der Waals surface area contributed by atoms with Crippen molar-refractivity contribution in [3.63, 3.8) is 0 Å². The molecule has 3 heterocycles. The molecule has 12 heteroatoms. The first-order valence-electron chi connectivity index (χ1n) is 9.66. The minimum absolute atomic E-state index is 0.00331. The van der Waals surface area contributed by atoms with Gasteiger partial charge in [0.15, 0.2) is 0 Å². The maximum absolute atomic E-state index is 13.3. The Labute approximate surface area is 198 Å². The van der Waals surface area contributed by atoms with Crippen LogP contribution in [0.2, 0.25) is 5.02 Å². The van der Waals surface area contributed by atoms with E-state index < -0.39 is 6.43 Å². The second-order valence-corrected chi connectivity index (χ2v) is 8.87. The molecule has 0 saturated carbocycles. The molecule has 1 aromatic carbocycles. The van der Waals surface area contributed by atoms with Gasteiger partial charge in [0.2, 0.25) is 0 Å². The Morgan fingerprint density at radius 3 is 2.74 bits per heavy atom. The highest BCUT2D eigenvalue weighted by molar-refractivity contribution is 14.2. The predicted molar refractivity (Wildman–Crippen MR) is 128 cm³/mol. The molecule has 1 unspecified atom stereocenters. The summed E-state index contributed by atoms with van der Waals surface area (Å²) in [4.78, 5) is 14.2. The summed E-state index contributed by atoms with van der Waals surface area (Å²) in [5.41, 5.74) is 2.40. The van der Waals surface area contributed by atoms with Crippen LogP contribution in [0.4, 0.5) is 14.5 Å². The summed E-state index contributed by atoms with van der Waals surface area (Å²) in [6.07, 6.45) is -0.181. The van der Waals surface area contributed by atoms with E-state index in [2.05, 4.69) is 37.5 Å². The zero-order valence-electron chi connectivity index (χ0n) is 16.9. The first-order valence-corrected chi connectivity index (χ1v) is 14.1. The number of rotatable bonds is 5. The smallest absolute Gasteiger partial charge is 0.291 e. The maximum atomic E-state index is 13.3. The number of alkyl halides is 2. The predicted octanol–water partition coefficient (Wildman–Crippen LogP) is 4.85. The summed E-state index contributed by atoms with van der Waals surface area (Å²) >= 11 is 8.34. The monoisotopic (exact) mass is 580 g/mol. The van der Waals surface area contributed by atoms with Crippen LogP contribution >= 0.6 is 40.0 Å². The molecule has 31 heavy (non-hydrogen) atoms. The summed E-state index contributed by atoms with van der Waals surface area (Å²) < 4.78 is 29.5. The van der Waals surface area contributed by atoms with Gasteiger partial charge in [-0.1, -0.05) is 54.9 Å². The SMILES string of the molecule is CC.O=c1c(Cl)c(N2CCc3c(nnn3Cc3ccccc3C(F)F)C2)cnn1PI. The molecule has 1 atom stereocenters. The molecular weight excluding hydrogens is 560 g/mol. The number of benzene rings is 1. The van der Waals surface area contributed by atoms with E-state index in [0.717, 1.165) is 11.4 Å². The molecule has 0 N–H and O–H groups in total. The van der Waals surface area contributed by atoms with Crippen LogP contribution in [0.1, 0.15) is 42.8 Å². The highest BCUT2D eigenvalue weighted by Gasteiger charge is 2.25. The summed E-state index contributed by atoms with van der Waals surface area (Å²) in [5, 5.41) is 12.7. The van der Waals surface area contributed by atoms with Crippen molar-refractivity contribution in [2.24, 2.45) is 0 Å². The molecule has 4 rings (SSSR count). The zero-order valence-corrected chi connectivity index (χ0v) is 20.8. The van der Waals surface area contributed by atoms with E-state index in [1.54, 1.807) is 29.1 Å². The van der Waals surface area contributed by atoms with Gasteiger partial charge in [0.1, 0.15) is 10.7 Å². The van der Waals surface area contributed by atoms with E-state index in [0.29, 0.717) is 30.8 Å². The average Bonchev–Trinajstić information content (AvgIpc) is 3.19. The van der Waals surface area contributed by atoms with E-state index in [-0.39, 0.29) is 29.1 Å². The van der Waals surface area contributed by atoms with Gasteiger partial charge in [-0.2, -0.15) is 5.10 Å². The topological polar surface area (TPSA) is 68.8 Å². The molecule has 1 aliphatic rings. The number of halogens is 4. The summed E-state index contributed by atoms with van der Waals surface area (Å²) in [5.74, 6) is 0. The minimum atomic E-state index is -2.54. The number of hydrogen-bond acceptors (Lipinski definition) is 5.